The van der Waals surface area contributed by atoms with Gasteiger partial charge in [-0.05, 0) is 45.1 Å². The van der Waals surface area contributed by atoms with Crippen LogP contribution in [0.1, 0.15) is 37.8 Å². The summed E-state index contributed by atoms with van der Waals surface area (Å²) in [5.41, 5.74) is 2.03. The lowest BCUT2D eigenvalue weighted by molar-refractivity contribution is -0.141. The van der Waals surface area contributed by atoms with E-state index in [9.17, 15) is 19.6 Å². The Bertz CT molecular complexity index is 1210. The van der Waals surface area contributed by atoms with E-state index >= 15 is 0 Å². The van der Waals surface area contributed by atoms with E-state index < -0.39 is 17.9 Å². The van der Waals surface area contributed by atoms with Crippen LogP contribution in [0.25, 0.3) is 10.9 Å². The van der Waals surface area contributed by atoms with Crippen molar-refractivity contribution in [1.82, 2.24) is 20.0 Å². The molecule has 2 saturated heterocycles. The number of hydrogen-bond donors (Lipinski definition) is 2. The number of rotatable bonds is 6. The number of esters is 1. The summed E-state index contributed by atoms with van der Waals surface area (Å²) in [5, 5.41) is 21.0. The molecule has 190 valence electrons. The number of methoxy groups -OCH3 is 1. The maximum absolute atomic E-state index is 13.5. The van der Waals surface area contributed by atoms with Crippen molar-refractivity contribution in [2.45, 2.75) is 45.1 Å². The summed E-state index contributed by atoms with van der Waals surface area (Å²) in [4.78, 5) is 46.6. The number of benzene rings is 1. The number of likely N-dealkylation sites (tertiary alicyclic amines) is 2. The molecule has 11 nitrogen and oxygen atoms in total. The van der Waals surface area contributed by atoms with Crippen LogP contribution in [0.4, 0.5) is 5.69 Å². The second kappa shape index (κ2) is 11.2. The molecule has 2 amide bonds. The first-order valence-electron chi connectivity index (χ1n) is 12.3. The van der Waals surface area contributed by atoms with Crippen molar-refractivity contribution in [3.05, 3.63) is 23.9 Å². The third kappa shape index (κ3) is 5.32. The third-order valence-electron chi connectivity index (χ3n) is 6.71. The Morgan fingerprint density at radius 2 is 2.03 bits per heavy atom. The molecule has 0 saturated carbocycles. The average Bonchev–Trinajstić information content (AvgIpc) is 3.52. The van der Waals surface area contributed by atoms with Gasteiger partial charge < -0.3 is 19.9 Å². The van der Waals surface area contributed by atoms with Crippen LogP contribution in [0.15, 0.2) is 23.2 Å². The second-order valence-electron chi connectivity index (χ2n) is 9.13. The van der Waals surface area contributed by atoms with E-state index in [0.717, 1.165) is 49.9 Å². The minimum atomic E-state index is -1.36. The first kappa shape index (κ1) is 25.2. The van der Waals surface area contributed by atoms with E-state index in [-0.39, 0.29) is 24.2 Å². The largest absolute Gasteiger partial charge is 0.468 e. The molecule has 11 heteroatoms. The zero-order valence-corrected chi connectivity index (χ0v) is 20.6. The number of amides is 2. The lowest BCUT2D eigenvalue weighted by Gasteiger charge is -2.25. The SMILES string of the molecule is COC(=O)C(C#N)C(=N[C@H]1CCCCN(CC(=O)N2CCCC2)C1=O)Nc1cccc2c(C)[nH]nc12. The van der Waals surface area contributed by atoms with E-state index in [4.69, 9.17) is 4.74 Å². The van der Waals surface area contributed by atoms with Crippen LogP contribution in [-0.4, -0.2) is 82.9 Å². The van der Waals surface area contributed by atoms with Gasteiger partial charge in [-0.2, -0.15) is 10.4 Å². The number of fused-ring (bicyclic) bond motifs is 1. The van der Waals surface area contributed by atoms with E-state index in [1.165, 1.54) is 7.11 Å². The number of H-pyrrole nitrogens is 1. The minimum absolute atomic E-state index is 0.0121. The lowest BCUT2D eigenvalue weighted by atomic mass is 10.1. The number of amidine groups is 1. The number of aromatic nitrogens is 2. The topological polar surface area (TPSA) is 144 Å². The number of anilines is 1. The minimum Gasteiger partial charge on any atom is -0.468 e. The number of nitrogens with one attached hydrogen (secondary N) is 2. The molecule has 0 aliphatic carbocycles. The highest BCUT2D eigenvalue weighted by Gasteiger charge is 2.33. The molecular formula is C25H31N7O4. The summed E-state index contributed by atoms with van der Waals surface area (Å²) in [5.74, 6) is -2.47. The molecule has 36 heavy (non-hydrogen) atoms. The van der Waals surface area contributed by atoms with Gasteiger partial charge in [0.1, 0.15) is 17.4 Å². The van der Waals surface area contributed by atoms with Crippen LogP contribution < -0.4 is 5.32 Å². The van der Waals surface area contributed by atoms with Crippen LogP contribution in [0.5, 0.6) is 0 Å². The average molecular weight is 494 g/mol. The van der Waals surface area contributed by atoms with Crippen molar-refractivity contribution in [3.63, 3.8) is 0 Å². The first-order chi connectivity index (χ1) is 17.4. The number of aryl methyl sites for hydroxylation is 1. The zero-order valence-electron chi connectivity index (χ0n) is 20.6. The van der Waals surface area contributed by atoms with Crippen molar-refractivity contribution in [3.8, 4) is 6.07 Å². The fraction of sp³-hybridized carbons (Fsp3) is 0.520. The molecule has 2 aromatic rings. The summed E-state index contributed by atoms with van der Waals surface area (Å²) in [7, 11) is 1.20. The standard InChI is InChI=1S/C25H31N7O4/c1-16-17-8-7-10-19(22(17)30-29-16)27-23(18(14-26)25(35)36-2)28-20-9-3-4-13-32(24(20)34)15-21(33)31-11-5-6-12-31/h7-8,10,18,20H,3-6,9,11-13,15H2,1-2H3,(H,27,28)(H,29,30)/t18?,20-/m0/s1. The molecule has 0 bridgehead atoms. The van der Waals surface area contributed by atoms with Crippen LogP contribution in [0.2, 0.25) is 0 Å². The number of hydrogen-bond acceptors (Lipinski definition) is 7. The monoisotopic (exact) mass is 493 g/mol. The number of ether oxygens (including phenoxy) is 1. The Balaban J connectivity index is 1.64. The maximum atomic E-state index is 13.5. The fourth-order valence-electron chi connectivity index (χ4n) is 4.69. The van der Waals surface area contributed by atoms with E-state index in [0.29, 0.717) is 24.2 Å². The molecule has 2 atom stereocenters. The Labute approximate surface area is 209 Å². The number of aromatic amines is 1. The van der Waals surface area contributed by atoms with Gasteiger partial charge in [0.05, 0.1) is 25.4 Å². The van der Waals surface area contributed by atoms with Gasteiger partial charge in [-0.15, -0.1) is 0 Å². The van der Waals surface area contributed by atoms with Crippen molar-refractivity contribution in [2.75, 3.05) is 38.6 Å². The molecule has 2 aliphatic rings. The van der Waals surface area contributed by atoms with Crippen LogP contribution in [0, 0.1) is 24.2 Å². The van der Waals surface area contributed by atoms with Gasteiger partial charge >= 0.3 is 5.97 Å². The van der Waals surface area contributed by atoms with Gasteiger partial charge in [-0.25, -0.2) is 0 Å². The first-order valence-corrected chi connectivity index (χ1v) is 12.3. The summed E-state index contributed by atoms with van der Waals surface area (Å²) < 4.78 is 4.84. The molecule has 0 radical (unpaired) electrons. The number of nitrogens with zero attached hydrogens (tertiary/aromatic N) is 5. The van der Waals surface area contributed by atoms with Gasteiger partial charge in [-0.3, -0.25) is 24.5 Å². The van der Waals surface area contributed by atoms with Crippen molar-refractivity contribution in [1.29, 1.82) is 5.26 Å². The molecule has 2 fully saturated rings. The molecule has 0 spiro atoms. The summed E-state index contributed by atoms with van der Waals surface area (Å²) in [6.07, 6.45) is 3.88. The second-order valence-corrected chi connectivity index (χ2v) is 9.13. The number of carbonyl (C=O) groups excluding carboxylic acids is 3. The van der Waals surface area contributed by atoms with Crippen molar-refractivity contribution < 1.29 is 19.1 Å². The normalized spacial score (nSPS) is 19.6. The Morgan fingerprint density at radius 1 is 1.28 bits per heavy atom. The quantitative estimate of drug-likeness (QED) is 0.356. The smallest absolute Gasteiger partial charge is 0.330 e. The molecule has 1 unspecified atom stereocenters. The van der Waals surface area contributed by atoms with Gasteiger partial charge in [0.15, 0.2) is 0 Å². The predicted molar refractivity (Wildman–Crippen MR) is 133 cm³/mol. The predicted octanol–water partition coefficient (Wildman–Crippen LogP) is 2.00. The molecular weight excluding hydrogens is 462 g/mol. The van der Waals surface area contributed by atoms with E-state index in [1.807, 2.05) is 25.1 Å². The number of aliphatic imine (C=N–C) groups is 1. The van der Waals surface area contributed by atoms with Crippen molar-refractivity contribution >= 4 is 40.2 Å². The van der Waals surface area contributed by atoms with Gasteiger partial charge in [0.25, 0.3) is 0 Å². The van der Waals surface area contributed by atoms with Gasteiger partial charge in [-0.1, -0.05) is 12.1 Å². The molecule has 2 N–H and O–H groups in total. The highest BCUT2D eigenvalue weighted by molar-refractivity contribution is 6.13. The molecule has 2 aliphatic heterocycles. The molecule has 4 rings (SSSR count). The van der Waals surface area contributed by atoms with Crippen LogP contribution in [0.3, 0.4) is 0 Å². The van der Waals surface area contributed by atoms with Gasteiger partial charge in [0, 0.05) is 30.7 Å². The Kier molecular flexibility index (Phi) is 7.83. The van der Waals surface area contributed by atoms with Crippen LogP contribution >= 0.6 is 0 Å². The van der Waals surface area contributed by atoms with Crippen molar-refractivity contribution in [2.24, 2.45) is 10.9 Å². The summed E-state index contributed by atoms with van der Waals surface area (Å²) in [6.45, 7) is 3.81. The molecule has 1 aromatic heterocycles. The van der Waals surface area contributed by atoms with Crippen LogP contribution in [-0.2, 0) is 19.1 Å². The summed E-state index contributed by atoms with van der Waals surface area (Å²) in [6, 6.07) is 6.61. The third-order valence-corrected chi connectivity index (χ3v) is 6.71. The van der Waals surface area contributed by atoms with Gasteiger partial charge in [0.2, 0.25) is 17.7 Å². The van der Waals surface area contributed by atoms with E-state index in [1.54, 1.807) is 15.9 Å². The fourth-order valence-corrected chi connectivity index (χ4v) is 4.69. The lowest BCUT2D eigenvalue weighted by Crippen LogP contribution is -2.45. The number of carbonyl (C=O) groups is 3. The zero-order chi connectivity index (χ0) is 25.7. The summed E-state index contributed by atoms with van der Waals surface area (Å²) >= 11 is 0. The Hall–Kier alpha value is -3.94. The molecule has 1 aromatic carbocycles. The molecule has 3 heterocycles. The van der Waals surface area contributed by atoms with E-state index in [2.05, 4.69) is 20.5 Å². The maximum Gasteiger partial charge on any atom is 0.330 e. The number of nitriles is 1. The highest BCUT2D eigenvalue weighted by Crippen LogP contribution is 2.25. The highest BCUT2D eigenvalue weighted by atomic mass is 16.5. The Morgan fingerprint density at radius 3 is 2.75 bits per heavy atom. The number of para-hydroxylation sites is 1.